The number of anilines is 1. The molecule has 0 saturated carbocycles. The largest absolute Gasteiger partial charge is 0.493 e. The number of hydrogen-bond donors (Lipinski definition) is 2. The van der Waals surface area contributed by atoms with Crippen molar-refractivity contribution in [1.29, 1.82) is 0 Å². The number of H-pyrrole nitrogens is 1. The number of carbonyl (C=O) groups is 1. The number of alkyl halides is 2. The molecule has 0 aliphatic carbocycles. The molecule has 0 fully saturated rings. The highest BCUT2D eigenvalue weighted by atomic mass is 19.3. The van der Waals surface area contributed by atoms with Crippen LogP contribution in [0.5, 0.6) is 11.5 Å². The molecule has 2 aromatic rings. The first-order valence-corrected chi connectivity index (χ1v) is 5.39. The topological polar surface area (TPSA) is 89.1 Å². The average molecular weight is 284 g/mol. The van der Waals surface area contributed by atoms with E-state index in [9.17, 15) is 13.6 Å². The Labute approximate surface area is 111 Å². The van der Waals surface area contributed by atoms with Gasteiger partial charge >= 0.3 is 6.61 Å². The molecule has 0 bridgehead atoms. The van der Waals surface area contributed by atoms with Crippen molar-refractivity contribution in [3.8, 4) is 11.5 Å². The molecule has 0 radical (unpaired) electrons. The van der Waals surface area contributed by atoms with Crippen molar-refractivity contribution in [1.82, 2.24) is 15.2 Å². The van der Waals surface area contributed by atoms with Crippen molar-refractivity contribution in [2.24, 2.45) is 0 Å². The molecular weight excluding hydrogens is 274 g/mol. The van der Waals surface area contributed by atoms with E-state index < -0.39 is 12.5 Å². The Morgan fingerprint density at radius 2 is 2.20 bits per heavy atom. The van der Waals surface area contributed by atoms with Gasteiger partial charge in [-0.2, -0.15) is 18.9 Å². The summed E-state index contributed by atoms with van der Waals surface area (Å²) in [5, 5.41) is 8.40. The van der Waals surface area contributed by atoms with Gasteiger partial charge in [0.2, 0.25) is 5.95 Å². The minimum Gasteiger partial charge on any atom is -0.493 e. The van der Waals surface area contributed by atoms with Crippen LogP contribution >= 0.6 is 0 Å². The van der Waals surface area contributed by atoms with Crippen molar-refractivity contribution in [3.05, 3.63) is 30.1 Å². The van der Waals surface area contributed by atoms with E-state index in [4.69, 9.17) is 4.74 Å². The van der Waals surface area contributed by atoms with Gasteiger partial charge in [0.15, 0.2) is 11.5 Å². The van der Waals surface area contributed by atoms with Crippen LogP contribution in [0.2, 0.25) is 0 Å². The molecular formula is C11H10F2N4O3. The van der Waals surface area contributed by atoms with Crippen LogP contribution < -0.4 is 14.8 Å². The van der Waals surface area contributed by atoms with Gasteiger partial charge in [0, 0.05) is 5.56 Å². The van der Waals surface area contributed by atoms with E-state index in [0.717, 1.165) is 6.07 Å². The lowest BCUT2D eigenvalue weighted by atomic mass is 10.2. The van der Waals surface area contributed by atoms with E-state index in [-0.39, 0.29) is 23.0 Å². The number of carbonyl (C=O) groups excluding carboxylic acids is 1. The van der Waals surface area contributed by atoms with Crippen molar-refractivity contribution >= 4 is 11.9 Å². The SMILES string of the molecule is COc1ccc(C(=O)Nc2ncn[nH]2)cc1OC(F)F. The zero-order valence-corrected chi connectivity index (χ0v) is 10.3. The lowest BCUT2D eigenvalue weighted by Gasteiger charge is -2.11. The minimum atomic E-state index is -3.02. The quantitative estimate of drug-likeness (QED) is 0.871. The van der Waals surface area contributed by atoms with E-state index in [2.05, 4.69) is 25.2 Å². The second kappa shape index (κ2) is 5.95. The van der Waals surface area contributed by atoms with Gasteiger partial charge in [-0.1, -0.05) is 0 Å². The fourth-order valence-corrected chi connectivity index (χ4v) is 1.45. The zero-order chi connectivity index (χ0) is 14.5. The fraction of sp³-hybridized carbons (Fsp3) is 0.182. The Bertz CT molecular complexity index is 589. The first kappa shape index (κ1) is 13.7. The number of amides is 1. The molecule has 1 heterocycles. The molecule has 0 unspecified atom stereocenters. The second-order valence-corrected chi connectivity index (χ2v) is 3.53. The maximum absolute atomic E-state index is 12.3. The van der Waals surface area contributed by atoms with Crippen LogP contribution in [0.4, 0.5) is 14.7 Å². The maximum Gasteiger partial charge on any atom is 0.387 e. The Morgan fingerprint density at radius 1 is 1.40 bits per heavy atom. The molecule has 0 spiro atoms. The highest BCUT2D eigenvalue weighted by Gasteiger charge is 2.15. The molecule has 1 aromatic heterocycles. The summed E-state index contributed by atoms with van der Waals surface area (Å²) in [4.78, 5) is 15.6. The van der Waals surface area contributed by atoms with Crippen LogP contribution in [0.15, 0.2) is 24.5 Å². The van der Waals surface area contributed by atoms with Crippen molar-refractivity contribution in [3.63, 3.8) is 0 Å². The van der Waals surface area contributed by atoms with Crippen molar-refractivity contribution in [2.45, 2.75) is 6.61 Å². The van der Waals surface area contributed by atoms with E-state index in [1.165, 1.54) is 25.6 Å². The van der Waals surface area contributed by atoms with Gasteiger partial charge in [-0.15, -0.1) is 0 Å². The third-order valence-electron chi connectivity index (χ3n) is 2.29. The number of hydrogen-bond acceptors (Lipinski definition) is 5. The van der Waals surface area contributed by atoms with Crippen LogP contribution in [-0.2, 0) is 0 Å². The molecule has 7 nitrogen and oxygen atoms in total. The molecule has 1 aromatic carbocycles. The van der Waals surface area contributed by atoms with Gasteiger partial charge in [0.05, 0.1) is 7.11 Å². The summed E-state index contributed by atoms with van der Waals surface area (Å²) in [6.45, 7) is -3.02. The Morgan fingerprint density at radius 3 is 2.80 bits per heavy atom. The molecule has 0 saturated heterocycles. The predicted octanol–water partition coefficient (Wildman–Crippen LogP) is 1.67. The van der Waals surface area contributed by atoms with Gasteiger partial charge in [-0.25, -0.2) is 5.10 Å². The van der Waals surface area contributed by atoms with Gasteiger partial charge in [0.1, 0.15) is 6.33 Å². The number of benzene rings is 1. The van der Waals surface area contributed by atoms with Crippen LogP contribution in [-0.4, -0.2) is 34.8 Å². The lowest BCUT2D eigenvalue weighted by molar-refractivity contribution is -0.0512. The highest BCUT2D eigenvalue weighted by molar-refractivity contribution is 6.03. The first-order chi connectivity index (χ1) is 9.60. The van der Waals surface area contributed by atoms with Crippen LogP contribution in [0.25, 0.3) is 0 Å². The summed E-state index contributed by atoms with van der Waals surface area (Å²) in [7, 11) is 1.31. The number of aromatic amines is 1. The monoisotopic (exact) mass is 284 g/mol. The summed E-state index contributed by atoms with van der Waals surface area (Å²) in [5.41, 5.74) is 0.109. The summed E-state index contributed by atoms with van der Waals surface area (Å²) in [6, 6.07) is 3.91. The number of ether oxygens (including phenoxy) is 2. The first-order valence-electron chi connectivity index (χ1n) is 5.39. The molecule has 0 aliphatic heterocycles. The van der Waals surface area contributed by atoms with Crippen LogP contribution in [0.3, 0.4) is 0 Å². The van der Waals surface area contributed by atoms with Crippen molar-refractivity contribution < 1.29 is 23.0 Å². The summed E-state index contributed by atoms with van der Waals surface area (Å²) >= 11 is 0. The molecule has 106 valence electrons. The second-order valence-electron chi connectivity index (χ2n) is 3.53. The molecule has 2 N–H and O–H groups in total. The molecule has 0 aliphatic rings. The van der Waals surface area contributed by atoms with Crippen LogP contribution in [0.1, 0.15) is 10.4 Å². The van der Waals surface area contributed by atoms with E-state index in [1.54, 1.807) is 0 Å². The summed E-state index contributed by atoms with van der Waals surface area (Å²) < 4.78 is 33.7. The minimum absolute atomic E-state index is 0.0986. The van der Waals surface area contributed by atoms with Gasteiger partial charge < -0.3 is 9.47 Å². The third kappa shape index (κ3) is 3.19. The summed E-state index contributed by atoms with van der Waals surface area (Å²) in [6.07, 6.45) is 1.22. The Balaban J connectivity index is 2.21. The zero-order valence-electron chi connectivity index (χ0n) is 10.3. The van der Waals surface area contributed by atoms with E-state index in [0.29, 0.717) is 0 Å². The smallest absolute Gasteiger partial charge is 0.387 e. The lowest BCUT2D eigenvalue weighted by Crippen LogP contribution is -2.13. The van der Waals surface area contributed by atoms with Crippen molar-refractivity contribution in [2.75, 3.05) is 12.4 Å². The number of rotatable bonds is 5. The third-order valence-corrected chi connectivity index (χ3v) is 2.29. The normalized spacial score (nSPS) is 10.4. The number of methoxy groups -OCH3 is 1. The molecule has 9 heteroatoms. The summed E-state index contributed by atoms with van der Waals surface area (Å²) in [5.74, 6) is -0.542. The maximum atomic E-state index is 12.3. The standard InChI is InChI=1S/C11H10F2N4O3/c1-19-7-3-2-6(4-8(7)20-10(12)13)9(18)16-11-14-5-15-17-11/h2-5,10H,1H3,(H2,14,15,16,17,18). The van der Waals surface area contributed by atoms with Gasteiger partial charge in [0.25, 0.3) is 5.91 Å². The van der Waals surface area contributed by atoms with E-state index in [1.807, 2.05) is 0 Å². The number of nitrogens with zero attached hydrogens (tertiary/aromatic N) is 2. The molecule has 2 rings (SSSR count). The Hall–Kier alpha value is -2.71. The fourth-order valence-electron chi connectivity index (χ4n) is 1.45. The van der Waals surface area contributed by atoms with E-state index >= 15 is 0 Å². The molecule has 0 atom stereocenters. The van der Waals surface area contributed by atoms with Gasteiger partial charge in [-0.05, 0) is 18.2 Å². The Kier molecular flexibility index (Phi) is 4.08. The predicted molar refractivity (Wildman–Crippen MR) is 64.0 cm³/mol. The van der Waals surface area contributed by atoms with Gasteiger partial charge in [-0.3, -0.25) is 10.1 Å². The number of nitrogens with one attached hydrogen (secondary N) is 2. The highest BCUT2D eigenvalue weighted by Crippen LogP contribution is 2.29. The average Bonchev–Trinajstić information content (AvgIpc) is 2.90. The number of halogens is 2. The molecule has 1 amide bonds. The molecule has 20 heavy (non-hydrogen) atoms. The van der Waals surface area contributed by atoms with Crippen LogP contribution in [0, 0.1) is 0 Å². The number of aromatic nitrogens is 3.